The van der Waals surface area contributed by atoms with Gasteiger partial charge in [0, 0.05) is 11.6 Å². The van der Waals surface area contributed by atoms with Crippen LogP contribution in [0.5, 0.6) is 5.88 Å². The Balaban J connectivity index is 1.70. The summed E-state index contributed by atoms with van der Waals surface area (Å²) in [6.45, 7) is 0. The van der Waals surface area contributed by atoms with Crippen LogP contribution in [-0.2, 0) is 4.79 Å². The maximum Gasteiger partial charge on any atom is 0.295 e. The minimum atomic E-state index is -0.463. The fourth-order valence-electron chi connectivity index (χ4n) is 2.33. The molecular formula is C16H14N4O3. The number of anilines is 1. The van der Waals surface area contributed by atoms with Gasteiger partial charge in [0.2, 0.25) is 11.8 Å². The normalized spacial score (nSPS) is 15.9. The van der Waals surface area contributed by atoms with Gasteiger partial charge in [-0.05, 0) is 17.7 Å². The molecule has 2 aromatic rings. The van der Waals surface area contributed by atoms with E-state index in [1.165, 1.54) is 13.3 Å². The Labute approximate surface area is 132 Å². The molecule has 0 spiro atoms. The van der Waals surface area contributed by atoms with E-state index in [9.17, 15) is 9.59 Å². The van der Waals surface area contributed by atoms with Crippen LogP contribution in [0.3, 0.4) is 0 Å². The van der Waals surface area contributed by atoms with Gasteiger partial charge in [-0.25, -0.2) is 4.98 Å². The van der Waals surface area contributed by atoms with E-state index in [1.807, 2.05) is 6.07 Å². The molecule has 23 heavy (non-hydrogen) atoms. The lowest BCUT2D eigenvalue weighted by Gasteiger charge is -2.17. The number of aromatic nitrogens is 1. The number of rotatable bonds is 4. The zero-order valence-electron chi connectivity index (χ0n) is 12.4. The molecule has 1 atom stereocenters. The lowest BCUT2D eigenvalue weighted by atomic mass is 9.97. The van der Waals surface area contributed by atoms with Gasteiger partial charge >= 0.3 is 0 Å². The number of benzene rings is 1. The molecule has 0 radical (unpaired) electrons. The molecule has 7 heteroatoms. The van der Waals surface area contributed by atoms with E-state index in [1.54, 1.807) is 30.3 Å². The monoisotopic (exact) mass is 310 g/mol. The van der Waals surface area contributed by atoms with E-state index in [0.717, 1.165) is 5.56 Å². The van der Waals surface area contributed by atoms with Crippen molar-refractivity contribution < 1.29 is 14.3 Å². The van der Waals surface area contributed by atoms with Gasteiger partial charge < -0.3 is 10.1 Å². The number of pyridine rings is 1. The highest BCUT2D eigenvalue weighted by molar-refractivity contribution is 5.97. The number of ether oxygens (including phenoxy) is 1. The predicted octanol–water partition coefficient (Wildman–Crippen LogP) is 2.77. The minimum Gasteiger partial charge on any atom is -0.481 e. The number of amides is 2. The molecule has 7 nitrogen and oxygen atoms in total. The van der Waals surface area contributed by atoms with Crippen molar-refractivity contribution in [1.29, 1.82) is 0 Å². The second kappa shape index (κ2) is 6.35. The molecule has 0 aliphatic carbocycles. The quantitative estimate of drug-likeness (QED) is 0.939. The van der Waals surface area contributed by atoms with Gasteiger partial charge in [-0.1, -0.05) is 18.2 Å². The molecular weight excluding hydrogens is 296 g/mol. The van der Waals surface area contributed by atoms with Crippen LogP contribution in [0.2, 0.25) is 0 Å². The Morgan fingerprint density at radius 3 is 2.83 bits per heavy atom. The van der Waals surface area contributed by atoms with Crippen molar-refractivity contribution in [2.45, 2.75) is 12.5 Å². The van der Waals surface area contributed by atoms with Crippen LogP contribution in [0.15, 0.2) is 52.8 Å². The number of carbonyl (C=O) groups excluding carboxylic acids is 2. The van der Waals surface area contributed by atoms with E-state index in [4.69, 9.17) is 4.74 Å². The molecule has 0 fully saturated rings. The van der Waals surface area contributed by atoms with E-state index in [-0.39, 0.29) is 18.2 Å². The largest absolute Gasteiger partial charge is 0.481 e. The summed E-state index contributed by atoms with van der Waals surface area (Å²) in [7, 11) is 1.52. The van der Waals surface area contributed by atoms with Crippen LogP contribution < -0.4 is 10.1 Å². The molecule has 2 heterocycles. The van der Waals surface area contributed by atoms with Crippen LogP contribution in [0.4, 0.5) is 5.69 Å². The standard InChI is InChI=1S/C16H14N4O3/c1-23-15-7-6-10(9-17-15)18-14(21)8-13-11-4-2-3-5-12(11)16(22)20-19-13/h2-7,9,13H,8H2,1H3,(H,18,21). The second-order valence-electron chi connectivity index (χ2n) is 4.97. The van der Waals surface area contributed by atoms with E-state index >= 15 is 0 Å². The number of nitrogens with one attached hydrogen (secondary N) is 1. The molecule has 0 bridgehead atoms. The molecule has 1 unspecified atom stereocenters. The zero-order chi connectivity index (χ0) is 16.2. The maximum atomic E-state index is 12.2. The summed E-state index contributed by atoms with van der Waals surface area (Å²) in [6.07, 6.45) is 1.61. The third-order valence-electron chi connectivity index (χ3n) is 3.45. The fourth-order valence-corrected chi connectivity index (χ4v) is 2.33. The van der Waals surface area contributed by atoms with Gasteiger partial charge in [0.05, 0.1) is 25.4 Å². The average Bonchev–Trinajstić information content (AvgIpc) is 2.58. The van der Waals surface area contributed by atoms with Crippen molar-refractivity contribution in [1.82, 2.24) is 4.98 Å². The summed E-state index contributed by atoms with van der Waals surface area (Å²) in [6, 6.07) is 9.94. The van der Waals surface area contributed by atoms with Crippen molar-refractivity contribution in [3.05, 3.63) is 53.7 Å². The van der Waals surface area contributed by atoms with Crippen molar-refractivity contribution >= 4 is 17.5 Å². The highest BCUT2D eigenvalue weighted by Crippen LogP contribution is 2.30. The Bertz CT molecular complexity index is 771. The summed E-state index contributed by atoms with van der Waals surface area (Å²) < 4.78 is 4.96. The van der Waals surface area contributed by atoms with Gasteiger partial charge in [-0.3, -0.25) is 9.59 Å². The molecule has 1 aliphatic heterocycles. The number of carbonyl (C=O) groups is 2. The maximum absolute atomic E-state index is 12.2. The van der Waals surface area contributed by atoms with Crippen LogP contribution in [0.1, 0.15) is 28.4 Å². The number of azo groups is 1. The molecule has 0 saturated carbocycles. The number of nitrogens with zero attached hydrogens (tertiary/aromatic N) is 3. The predicted molar refractivity (Wildman–Crippen MR) is 82.4 cm³/mol. The lowest BCUT2D eigenvalue weighted by molar-refractivity contribution is -0.116. The number of fused-ring (bicyclic) bond motifs is 1. The van der Waals surface area contributed by atoms with Crippen molar-refractivity contribution in [3.8, 4) is 5.88 Å². The molecule has 2 amide bonds. The third-order valence-corrected chi connectivity index (χ3v) is 3.45. The first-order valence-corrected chi connectivity index (χ1v) is 7.01. The van der Waals surface area contributed by atoms with Crippen LogP contribution in [-0.4, -0.2) is 23.9 Å². The molecule has 3 rings (SSSR count). The number of methoxy groups -OCH3 is 1. The first-order valence-electron chi connectivity index (χ1n) is 7.01. The highest BCUT2D eigenvalue weighted by Gasteiger charge is 2.25. The minimum absolute atomic E-state index is 0.0970. The summed E-state index contributed by atoms with van der Waals surface area (Å²) in [5.74, 6) is -0.141. The van der Waals surface area contributed by atoms with Gasteiger partial charge in [0.25, 0.3) is 5.91 Å². The Hall–Kier alpha value is -3.09. The Morgan fingerprint density at radius 1 is 1.26 bits per heavy atom. The fraction of sp³-hybridized carbons (Fsp3) is 0.188. The molecule has 0 saturated heterocycles. The van der Waals surface area contributed by atoms with E-state index in [2.05, 4.69) is 20.5 Å². The molecule has 1 aromatic heterocycles. The Morgan fingerprint density at radius 2 is 2.09 bits per heavy atom. The molecule has 1 aliphatic rings. The first kappa shape index (κ1) is 14.8. The summed E-state index contributed by atoms with van der Waals surface area (Å²) in [5, 5.41) is 10.3. The Kier molecular flexibility index (Phi) is 4.09. The van der Waals surface area contributed by atoms with Gasteiger partial charge in [0.15, 0.2) is 0 Å². The third kappa shape index (κ3) is 3.23. The SMILES string of the molecule is COc1ccc(NC(=O)CC2N=NC(=O)c3ccccc32)cn1. The molecule has 116 valence electrons. The summed E-state index contributed by atoms with van der Waals surface area (Å²) in [5.41, 5.74) is 1.77. The van der Waals surface area contributed by atoms with Crippen LogP contribution in [0, 0.1) is 0 Å². The topological polar surface area (TPSA) is 93.0 Å². The van der Waals surface area contributed by atoms with Crippen molar-refractivity contribution in [3.63, 3.8) is 0 Å². The zero-order valence-corrected chi connectivity index (χ0v) is 12.4. The number of hydrogen-bond acceptors (Lipinski definition) is 5. The first-order chi connectivity index (χ1) is 11.2. The lowest BCUT2D eigenvalue weighted by Crippen LogP contribution is -2.18. The van der Waals surface area contributed by atoms with Crippen LogP contribution >= 0.6 is 0 Å². The van der Waals surface area contributed by atoms with Crippen LogP contribution in [0.25, 0.3) is 0 Å². The summed E-state index contributed by atoms with van der Waals surface area (Å²) in [4.78, 5) is 27.9. The van der Waals surface area contributed by atoms with Gasteiger partial charge in [-0.2, -0.15) is 5.11 Å². The van der Waals surface area contributed by atoms with E-state index in [0.29, 0.717) is 17.1 Å². The van der Waals surface area contributed by atoms with Gasteiger partial charge in [0.1, 0.15) is 6.04 Å². The van der Waals surface area contributed by atoms with Crippen molar-refractivity contribution in [2.75, 3.05) is 12.4 Å². The highest BCUT2D eigenvalue weighted by atomic mass is 16.5. The van der Waals surface area contributed by atoms with Crippen molar-refractivity contribution in [2.24, 2.45) is 10.2 Å². The smallest absolute Gasteiger partial charge is 0.295 e. The molecule has 1 aromatic carbocycles. The summed E-state index contributed by atoms with van der Waals surface area (Å²) >= 11 is 0. The molecule has 1 N–H and O–H groups in total. The second-order valence-corrected chi connectivity index (χ2v) is 4.97. The average molecular weight is 310 g/mol. The number of hydrogen-bond donors (Lipinski definition) is 1. The van der Waals surface area contributed by atoms with Gasteiger partial charge in [-0.15, -0.1) is 5.11 Å². The van der Waals surface area contributed by atoms with E-state index < -0.39 is 6.04 Å².